The zero-order valence-electron chi connectivity index (χ0n) is 14.9. The quantitative estimate of drug-likeness (QED) is 0.930. The van der Waals surface area contributed by atoms with E-state index < -0.39 is 0 Å². The molecule has 1 saturated heterocycles. The Hall–Kier alpha value is -2.17. The number of nitrogens with one attached hydrogen (secondary N) is 1. The molecule has 1 amide bonds. The predicted octanol–water partition coefficient (Wildman–Crippen LogP) is 3.16. The molecule has 1 aliphatic heterocycles. The Balaban J connectivity index is 1.60. The first-order valence-corrected chi connectivity index (χ1v) is 9.33. The molecule has 1 N–H and O–H groups in total. The van der Waals surface area contributed by atoms with Crippen molar-refractivity contribution >= 4 is 16.8 Å². The lowest BCUT2D eigenvalue weighted by molar-refractivity contribution is -0.128. The summed E-state index contributed by atoms with van der Waals surface area (Å²) in [5.74, 6) is 1.88. The smallest absolute Gasteiger partial charge is 0.258 e. The topological polar surface area (TPSA) is 66.1 Å². The summed E-state index contributed by atoms with van der Waals surface area (Å²) >= 11 is 0. The highest BCUT2D eigenvalue weighted by atomic mass is 16.2. The number of amides is 1. The van der Waals surface area contributed by atoms with Crippen LogP contribution in [0.1, 0.15) is 62.8 Å². The molecule has 0 bridgehead atoms. The number of hydrogen-bond acceptors (Lipinski definition) is 3. The zero-order chi connectivity index (χ0) is 17.6. The van der Waals surface area contributed by atoms with Crippen LogP contribution in [0, 0.1) is 5.92 Å². The van der Waals surface area contributed by atoms with Gasteiger partial charge in [-0.25, -0.2) is 4.98 Å². The number of H-pyrrole nitrogens is 1. The summed E-state index contributed by atoms with van der Waals surface area (Å²) in [5.41, 5.74) is 1.75. The van der Waals surface area contributed by atoms with Crippen LogP contribution >= 0.6 is 0 Å². The van der Waals surface area contributed by atoms with E-state index in [9.17, 15) is 9.59 Å². The van der Waals surface area contributed by atoms with Crippen molar-refractivity contribution in [1.82, 2.24) is 14.9 Å². The predicted molar refractivity (Wildman–Crippen MR) is 97.7 cm³/mol. The van der Waals surface area contributed by atoms with Crippen molar-refractivity contribution in [3.63, 3.8) is 0 Å². The number of nitrogens with zero attached hydrogens (tertiary/aromatic N) is 2. The summed E-state index contributed by atoms with van der Waals surface area (Å²) in [6.45, 7) is 5.76. The van der Waals surface area contributed by atoms with Crippen LogP contribution in [0.25, 0.3) is 10.9 Å². The van der Waals surface area contributed by atoms with Crippen molar-refractivity contribution in [1.29, 1.82) is 0 Å². The fourth-order valence-electron chi connectivity index (χ4n) is 3.85. The van der Waals surface area contributed by atoms with E-state index in [-0.39, 0.29) is 17.4 Å². The van der Waals surface area contributed by atoms with Gasteiger partial charge in [-0.1, -0.05) is 26.3 Å². The Morgan fingerprint density at radius 1 is 1.28 bits per heavy atom. The molecule has 0 radical (unpaired) electrons. The average Bonchev–Trinajstić information content (AvgIpc) is 2.91. The van der Waals surface area contributed by atoms with Crippen LogP contribution in [0.4, 0.5) is 0 Å². The first kappa shape index (κ1) is 16.3. The second-order valence-electron chi connectivity index (χ2n) is 7.88. The molecule has 0 unspecified atom stereocenters. The van der Waals surface area contributed by atoms with Crippen LogP contribution in [0.5, 0.6) is 0 Å². The molecule has 25 heavy (non-hydrogen) atoms. The molecule has 2 fully saturated rings. The zero-order valence-corrected chi connectivity index (χ0v) is 14.9. The van der Waals surface area contributed by atoms with E-state index >= 15 is 0 Å². The fourth-order valence-corrected chi connectivity index (χ4v) is 3.85. The number of fused-ring (bicyclic) bond motifs is 1. The van der Waals surface area contributed by atoms with Crippen LogP contribution in [0.15, 0.2) is 23.0 Å². The molecular weight excluding hydrogens is 314 g/mol. The van der Waals surface area contributed by atoms with Crippen LogP contribution in [0.2, 0.25) is 0 Å². The lowest BCUT2D eigenvalue weighted by atomic mass is 9.85. The largest absolute Gasteiger partial charge is 0.342 e. The van der Waals surface area contributed by atoms with E-state index in [0.29, 0.717) is 41.5 Å². The Bertz CT molecular complexity index is 867. The number of carbonyl (C=O) groups is 1. The van der Waals surface area contributed by atoms with Crippen LogP contribution in [-0.2, 0) is 4.79 Å². The maximum atomic E-state index is 12.5. The molecule has 132 valence electrons. The number of aromatic amines is 1. The summed E-state index contributed by atoms with van der Waals surface area (Å²) < 4.78 is 0. The first-order chi connectivity index (χ1) is 12.0. The summed E-state index contributed by atoms with van der Waals surface area (Å²) in [6.07, 6.45) is 4.20. The maximum absolute atomic E-state index is 12.5. The maximum Gasteiger partial charge on any atom is 0.258 e. The molecule has 2 heterocycles. The van der Waals surface area contributed by atoms with Gasteiger partial charge in [0.1, 0.15) is 5.82 Å². The van der Waals surface area contributed by atoms with Crippen molar-refractivity contribution in [2.24, 2.45) is 5.92 Å². The van der Waals surface area contributed by atoms with E-state index in [0.717, 1.165) is 12.1 Å². The van der Waals surface area contributed by atoms with Gasteiger partial charge in [-0.2, -0.15) is 0 Å². The molecule has 1 aromatic heterocycles. The van der Waals surface area contributed by atoms with E-state index in [1.54, 1.807) is 0 Å². The number of benzene rings is 1. The van der Waals surface area contributed by atoms with Crippen molar-refractivity contribution in [2.75, 3.05) is 13.1 Å². The van der Waals surface area contributed by atoms with Gasteiger partial charge >= 0.3 is 0 Å². The third kappa shape index (κ3) is 3.08. The van der Waals surface area contributed by atoms with Gasteiger partial charge in [0.15, 0.2) is 0 Å². The highest BCUT2D eigenvalue weighted by molar-refractivity contribution is 5.81. The minimum Gasteiger partial charge on any atom is -0.342 e. The Morgan fingerprint density at radius 3 is 2.76 bits per heavy atom. The second-order valence-corrected chi connectivity index (χ2v) is 7.88. The highest BCUT2D eigenvalue weighted by Gasteiger charge is 2.34. The van der Waals surface area contributed by atoms with Crippen molar-refractivity contribution in [3.8, 4) is 0 Å². The fraction of sp³-hybridized carbons (Fsp3) is 0.550. The third-order valence-electron chi connectivity index (χ3n) is 5.72. The number of hydrogen-bond donors (Lipinski definition) is 1. The van der Waals surface area contributed by atoms with Crippen molar-refractivity contribution in [3.05, 3.63) is 39.9 Å². The first-order valence-electron chi connectivity index (χ1n) is 9.33. The molecule has 2 aromatic rings. The molecule has 5 nitrogen and oxygen atoms in total. The number of likely N-dealkylation sites (tertiary alicyclic amines) is 1. The van der Waals surface area contributed by atoms with Gasteiger partial charge in [0.25, 0.3) is 5.56 Å². The SMILES string of the molecule is CC(C)c1ccc2nc([C@@H]3CC(=O)N(CC4CCC4)C3)[nH]c(=O)c2c1. The molecule has 1 aliphatic carbocycles. The van der Waals surface area contributed by atoms with Crippen molar-refractivity contribution in [2.45, 2.75) is 51.4 Å². The van der Waals surface area contributed by atoms with Gasteiger partial charge in [0.2, 0.25) is 5.91 Å². The number of aromatic nitrogens is 2. The van der Waals surface area contributed by atoms with E-state index in [1.807, 2.05) is 23.1 Å². The average molecular weight is 339 g/mol. The normalized spacial score (nSPS) is 21.3. The van der Waals surface area contributed by atoms with E-state index in [1.165, 1.54) is 19.3 Å². The van der Waals surface area contributed by atoms with Gasteiger partial charge in [-0.05, 0) is 42.4 Å². The van der Waals surface area contributed by atoms with Gasteiger partial charge in [0.05, 0.1) is 10.9 Å². The van der Waals surface area contributed by atoms with Gasteiger partial charge in [-0.15, -0.1) is 0 Å². The lowest BCUT2D eigenvalue weighted by Gasteiger charge is -2.30. The molecule has 1 aromatic carbocycles. The molecule has 2 aliphatic rings. The highest BCUT2D eigenvalue weighted by Crippen LogP contribution is 2.32. The summed E-state index contributed by atoms with van der Waals surface area (Å²) in [5, 5.41) is 0.630. The lowest BCUT2D eigenvalue weighted by Crippen LogP contribution is -2.33. The Kier molecular flexibility index (Phi) is 4.10. The molecule has 4 rings (SSSR count). The number of rotatable bonds is 4. The van der Waals surface area contributed by atoms with Crippen LogP contribution in [0.3, 0.4) is 0 Å². The molecule has 1 saturated carbocycles. The third-order valence-corrected chi connectivity index (χ3v) is 5.72. The van der Waals surface area contributed by atoms with Crippen LogP contribution in [-0.4, -0.2) is 33.9 Å². The van der Waals surface area contributed by atoms with E-state index in [4.69, 9.17) is 0 Å². The van der Waals surface area contributed by atoms with Crippen LogP contribution < -0.4 is 5.56 Å². The van der Waals surface area contributed by atoms with Gasteiger partial charge < -0.3 is 9.88 Å². The minimum atomic E-state index is -0.104. The summed E-state index contributed by atoms with van der Waals surface area (Å²) in [4.78, 5) is 34.4. The standard InChI is InChI=1S/C20H25N3O2/c1-12(2)14-6-7-17-16(8-14)20(25)22-19(21-17)15-9-18(24)23(11-15)10-13-4-3-5-13/h6-8,12-13,15H,3-5,9-11H2,1-2H3,(H,21,22,25)/t15-/m1/s1. The minimum absolute atomic E-state index is 0.00514. The summed E-state index contributed by atoms with van der Waals surface area (Å²) in [7, 11) is 0. The number of carbonyl (C=O) groups excluding carboxylic acids is 1. The molecule has 1 atom stereocenters. The van der Waals surface area contributed by atoms with Crippen molar-refractivity contribution < 1.29 is 4.79 Å². The Morgan fingerprint density at radius 2 is 2.08 bits per heavy atom. The molecular formula is C20H25N3O2. The van der Waals surface area contributed by atoms with Gasteiger partial charge in [0, 0.05) is 25.4 Å². The Labute approximate surface area is 147 Å². The molecule has 0 spiro atoms. The monoisotopic (exact) mass is 339 g/mol. The molecule has 5 heteroatoms. The van der Waals surface area contributed by atoms with E-state index in [2.05, 4.69) is 23.8 Å². The second kappa shape index (κ2) is 6.28. The van der Waals surface area contributed by atoms with Gasteiger partial charge in [-0.3, -0.25) is 9.59 Å². The summed E-state index contributed by atoms with van der Waals surface area (Å²) in [6, 6.07) is 5.89.